The molecule has 3 aliphatic rings. The lowest BCUT2D eigenvalue weighted by molar-refractivity contribution is -0.173. The third-order valence-corrected chi connectivity index (χ3v) is 9.55. The van der Waals surface area contributed by atoms with E-state index >= 15 is 0 Å². The summed E-state index contributed by atoms with van der Waals surface area (Å²) in [5.74, 6) is 1.00. The van der Waals surface area contributed by atoms with Crippen molar-refractivity contribution < 1.29 is 9.53 Å². The third-order valence-electron chi connectivity index (χ3n) is 9.55. The van der Waals surface area contributed by atoms with Crippen LogP contribution in [0, 0.1) is 18.3 Å². The highest BCUT2D eigenvalue weighted by Crippen LogP contribution is 2.51. The fourth-order valence-electron chi connectivity index (χ4n) is 7.13. The highest BCUT2D eigenvalue weighted by molar-refractivity contribution is 5.79. The maximum Gasteiger partial charge on any atom is 0.332 e. The molecule has 0 N–H and O–H groups in total. The van der Waals surface area contributed by atoms with Gasteiger partial charge < -0.3 is 4.74 Å². The lowest BCUT2D eigenvalue weighted by Gasteiger charge is -2.44. The highest BCUT2D eigenvalue weighted by Gasteiger charge is 2.48. The van der Waals surface area contributed by atoms with Gasteiger partial charge in [0.05, 0.1) is 23.7 Å². The van der Waals surface area contributed by atoms with Crippen LogP contribution in [0.25, 0.3) is 22.6 Å². The molecule has 43 heavy (non-hydrogen) atoms. The van der Waals surface area contributed by atoms with Crippen molar-refractivity contribution in [2.75, 3.05) is 0 Å². The summed E-state index contributed by atoms with van der Waals surface area (Å²) in [5.41, 5.74) is 2.31. The van der Waals surface area contributed by atoms with Gasteiger partial charge in [-0.3, -0.25) is 28.0 Å². The van der Waals surface area contributed by atoms with Gasteiger partial charge in [-0.05, 0) is 70.3 Å². The Morgan fingerprint density at radius 2 is 1.84 bits per heavy atom. The highest BCUT2D eigenvalue weighted by atomic mass is 16.6. The Morgan fingerprint density at radius 3 is 2.49 bits per heavy atom. The normalized spacial score (nSPS) is 20.5. The molecule has 3 heterocycles. The largest absolute Gasteiger partial charge is 0.441 e. The quantitative estimate of drug-likeness (QED) is 0.229. The van der Waals surface area contributed by atoms with Gasteiger partial charge in [0, 0.05) is 25.7 Å². The molecule has 3 aliphatic carbocycles. The minimum atomic E-state index is -0.757. The van der Waals surface area contributed by atoms with Gasteiger partial charge >= 0.3 is 11.7 Å². The molecule has 10 heteroatoms. The Hall–Kier alpha value is -3.95. The average molecular weight is 587 g/mol. The molecule has 0 radical (unpaired) electrons. The van der Waals surface area contributed by atoms with Crippen LogP contribution in [-0.2, 0) is 29.2 Å². The van der Waals surface area contributed by atoms with Gasteiger partial charge in [-0.2, -0.15) is 5.10 Å². The summed E-state index contributed by atoms with van der Waals surface area (Å²) in [6.45, 7) is 9.03. The van der Waals surface area contributed by atoms with Crippen molar-refractivity contribution in [3.05, 3.63) is 68.6 Å². The molecule has 10 nitrogen and oxygen atoms in total. The summed E-state index contributed by atoms with van der Waals surface area (Å²) in [7, 11) is 0. The van der Waals surface area contributed by atoms with E-state index in [0.717, 1.165) is 50.0 Å². The van der Waals surface area contributed by atoms with E-state index in [4.69, 9.17) is 9.72 Å². The van der Waals surface area contributed by atoms with Crippen molar-refractivity contribution >= 4 is 17.1 Å². The fraction of sp³-hybridized carbons (Fsp3) is 0.545. The summed E-state index contributed by atoms with van der Waals surface area (Å²) in [6.07, 6.45) is 9.70. The predicted octanol–water partition coefficient (Wildman–Crippen LogP) is 5.43. The molecule has 2 bridgehead atoms. The first-order valence-electron chi connectivity index (χ1n) is 15.8. The molecule has 228 valence electrons. The van der Waals surface area contributed by atoms with Gasteiger partial charge in [0.2, 0.25) is 0 Å². The first kappa shape index (κ1) is 29.1. The number of rotatable bonds is 10. The molecular weight excluding hydrogens is 544 g/mol. The summed E-state index contributed by atoms with van der Waals surface area (Å²) >= 11 is 0. The monoisotopic (exact) mass is 586 g/mol. The minimum Gasteiger partial charge on any atom is -0.441 e. The van der Waals surface area contributed by atoms with Crippen LogP contribution in [0.15, 0.2) is 46.2 Å². The zero-order valence-electron chi connectivity index (χ0n) is 25.7. The Morgan fingerprint density at radius 1 is 1.09 bits per heavy atom. The van der Waals surface area contributed by atoms with E-state index in [2.05, 4.69) is 30.2 Å². The topological polar surface area (TPSA) is 106 Å². The van der Waals surface area contributed by atoms with Gasteiger partial charge in [-0.25, -0.2) is 9.78 Å². The first-order chi connectivity index (χ1) is 20.8. The Bertz CT molecular complexity index is 1750. The number of hydrogen-bond donors (Lipinski definition) is 0. The molecular formula is C33H42N6O4. The first-order valence-corrected chi connectivity index (χ1v) is 15.8. The number of ether oxygens (including phenoxy) is 1. The zero-order chi connectivity index (χ0) is 30.3. The smallest absolute Gasteiger partial charge is 0.332 e. The minimum absolute atomic E-state index is 0.182. The second kappa shape index (κ2) is 11.6. The molecule has 3 saturated carbocycles. The van der Waals surface area contributed by atoms with Gasteiger partial charge in [-0.1, -0.05) is 43.7 Å². The van der Waals surface area contributed by atoms with E-state index < -0.39 is 17.2 Å². The van der Waals surface area contributed by atoms with Crippen LogP contribution in [0.1, 0.15) is 89.5 Å². The summed E-state index contributed by atoms with van der Waals surface area (Å²) in [6, 6.07) is 8.27. The predicted molar refractivity (Wildman–Crippen MR) is 165 cm³/mol. The molecule has 1 aromatic carbocycles. The maximum absolute atomic E-state index is 14.0. The van der Waals surface area contributed by atoms with Crippen LogP contribution in [0.5, 0.6) is 0 Å². The molecule has 4 aromatic rings. The van der Waals surface area contributed by atoms with E-state index in [1.54, 1.807) is 15.3 Å². The molecule has 0 saturated heterocycles. The van der Waals surface area contributed by atoms with Gasteiger partial charge in [0.1, 0.15) is 5.82 Å². The number of carbonyl (C=O) groups excluding carboxylic acids is 1. The molecule has 3 fully saturated rings. The van der Waals surface area contributed by atoms with E-state index in [0.29, 0.717) is 49.5 Å². The van der Waals surface area contributed by atoms with Crippen molar-refractivity contribution in [3.8, 4) is 11.4 Å². The average Bonchev–Trinajstić information content (AvgIpc) is 3.64. The summed E-state index contributed by atoms with van der Waals surface area (Å²) in [4.78, 5) is 46.2. The van der Waals surface area contributed by atoms with Crippen molar-refractivity contribution in [1.82, 2.24) is 28.5 Å². The van der Waals surface area contributed by atoms with Gasteiger partial charge in [0.15, 0.2) is 17.4 Å². The number of fused-ring (bicyclic) bond motifs is 4. The summed E-state index contributed by atoms with van der Waals surface area (Å²) < 4.78 is 12.8. The van der Waals surface area contributed by atoms with Crippen molar-refractivity contribution in [2.24, 2.45) is 11.3 Å². The van der Waals surface area contributed by atoms with Crippen LogP contribution in [0.4, 0.5) is 0 Å². The maximum atomic E-state index is 14.0. The van der Waals surface area contributed by atoms with Crippen molar-refractivity contribution in [2.45, 2.75) is 105 Å². The second-order valence-corrected chi connectivity index (χ2v) is 12.4. The molecule has 3 aromatic heterocycles. The number of benzene rings is 1. The Balaban J connectivity index is 1.49. The fourth-order valence-corrected chi connectivity index (χ4v) is 7.13. The van der Waals surface area contributed by atoms with E-state index in [9.17, 15) is 14.4 Å². The Kier molecular flexibility index (Phi) is 7.87. The van der Waals surface area contributed by atoms with Crippen molar-refractivity contribution in [1.29, 1.82) is 0 Å². The van der Waals surface area contributed by atoms with E-state index in [1.165, 1.54) is 10.1 Å². The number of aryl methyl sites for hydroxylation is 2. The number of hydrogen-bond acceptors (Lipinski definition) is 6. The Labute approximate surface area is 251 Å². The van der Waals surface area contributed by atoms with Crippen LogP contribution < -0.4 is 11.2 Å². The van der Waals surface area contributed by atoms with Crippen LogP contribution in [0.2, 0.25) is 0 Å². The van der Waals surface area contributed by atoms with E-state index in [1.807, 2.05) is 37.7 Å². The van der Waals surface area contributed by atoms with Gasteiger partial charge in [-0.15, -0.1) is 0 Å². The molecule has 0 amide bonds. The number of carbonyl (C=O) groups is 1. The van der Waals surface area contributed by atoms with E-state index in [-0.39, 0.29) is 17.2 Å². The standard InChI is InChI=1S/C33H42N6O4/c1-5-17-38-30(40)27-29(37(7-3)32(38)42)35-28(25-19-34-36(21-25)20-24-10-8-9-22(4)18-24)39(27)26(6-2)43-31(41)33-14-11-23(12-15-33)13-16-33/h8-10,18-19,21,23,26H,5-7,11-17,20H2,1-4H3. The SMILES string of the molecule is CCCn1c(=O)c2c(nc(-c3cnn(Cc4cccc(C)c4)c3)n2C(CC)OC(=O)C23CCC(CC2)CC3)n(CC)c1=O. The summed E-state index contributed by atoms with van der Waals surface area (Å²) in [5, 5.41) is 4.61. The molecule has 0 aliphatic heterocycles. The second-order valence-electron chi connectivity index (χ2n) is 12.4. The lowest BCUT2D eigenvalue weighted by atomic mass is 9.61. The van der Waals surface area contributed by atoms with Crippen LogP contribution in [-0.4, -0.2) is 34.4 Å². The molecule has 0 spiro atoms. The number of imidazole rings is 1. The van der Waals surface area contributed by atoms with Crippen LogP contribution in [0.3, 0.4) is 0 Å². The number of aromatic nitrogens is 6. The molecule has 1 atom stereocenters. The molecule has 7 rings (SSSR count). The molecule has 1 unspecified atom stereocenters. The number of esters is 1. The van der Waals surface area contributed by atoms with Gasteiger partial charge in [0.25, 0.3) is 5.56 Å². The van der Waals surface area contributed by atoms with Crippen LogP contribution >= 0.6 is 0 Å². The zero-order valence-corrected chi connectivity index (χ0v) is 25.7. The number of nitrogens with zero attached hydrogens (tertiary/aromatic N) is 6. The lowest BCUT2D eigenvalue weighted by Crippen LogP contribution is -2.43. The third kappa shape index (κ3) is 5.14. The van der Waals surface area contributed by atoms with Crippen molar-refractivity contribution in [3.63, 3.8) is 0 Å².